The van der Waals surface area contributed by atoms with E-state index in [4.69, 9.17) is 5.11 Å². The molecule has 0 aliphatic carbocycles. The van der Waals surface area contributed by atoms with Crippen LogP contribution in [0.25, 0.3) is 0 Å². The van der Waals surface area contributed by atoms with E-state index in [-0.39, 0.29) is 5.56 Å². The van der Waals surface area contributed by atoms with Crippen molar-refractivity contribution in [1.82, 2.24) is 4.72 Å². The minimum Gasteiger partial charge on any atom is -0.480 e. The van der Waals surface area contributed by atoms with Gasteiger partial charge in [-0.25, -0.2) is 8.42 Å². The Balaban J connectivity index is 3.36. The fourth-order valence-electron chi connectivity index (χ4n) is 1.47. The molecule has 0 bridgehead atoms. The van der Waals surface area contributed by atoms with Crippen molar-refractivity contribution < 1.29 is 23.2 Å². The number of nitrogens with zero attached hydrogens (tertiary/aromatic N) is 1. The Labute approximate surface area is 109 Å². The molecule has 8 nitrogen and oxygen atoms in total. The lowest BCUT2D eigenvalue weighted by molar-refractivity contribution is -0.387. The van der Waals surface area contributed by atoms with E-state index in [1.165, 1.54) is 19.1 Å². The molecule has 0 amide bonds. The van der Waals surface area contributed by atoms with Gasteiger partial charge >= 0.3 is 5.97 Å². The molecule has 19 heavy (non-hydrogen) atoms. The van der Waals surface area contributed by atoms with Gasteiger partial charge < -0.3 is 5.11 Å². The number of hydrogen-bond donors (Lipinski definition) is 2. The van der Waals surface area contributed by atoms with Gasteiger partial charge in [0.1, 0.15) is 6.04 Å². The van der Waals surface area contributed by atoms with Crippen LogP contribution in [0, 0.1) is 17.0 Å². The fraction of sp³-hybridized carbons (Fsp3) is 0.300. The number of nitro groups is 1. The third kappa shape index (κ3) is 3.26. The summed E-state index contributed by atoms with van der Waals surface area (Å²) in [5.41, 5.74) is -0.427. The van der Waals surface area contributed by atoms with Crippen LogP contribution in [-0.4, -0.2) is 30.5 Å². The molecule has 0 radical (unpaired) electrons. The van der Waals surface area contributed by atoms with Crippen LogP contribution in [0.4, 0.5) is 5.69 Å². The van der Waals surface area contributed by atoms with Crippen LogP contribution < -0.4 is 4.72 Å². The number of rotatable bonds is 5. The zero-order valence-electron chi connectivity index (χ0n) is 10.2. The monoisotopic (exact) mass is 288 g/mol. The SMILES string of the molecule is Cc1cccc([N+](=O)[O-])c1S(=O)(=O)N[C@@H](C)C(=O)O. The first-order valence-electron chi connectivity index (χ1n) is 5.16. The molecule has 0 saturated carbocycles. The van der Waals surface area contributed by atoms with E-state index in [0.717, 1.165) is 13.0 Å². The number of carboxylic acid groups (broad SMARTS) is 1. The van der Waals surface area contributed by atoms with Gasteiger partial charge in [0.25, 0.3) is 5.69 Å². The molecule has 0 heterocycles. The number of aryl methyl sites for hydroxylation is 1. The summed E-state index contributed by atoms with van der Waals surface area (Å²) >= 11 is 0. The van der Waals surface area contributed by atoms with Crippen molar-refractivity contribution in [2.45, 2.75) is 24.8 Å². The Bertz CT molecular complexity index is 625. The third-order valence-electron chi connectivity index (χ3n) is 2.36. The number of benzene rings is 1. The van der Waals surface area contributed by atoms with E-state index < -0.39 is 37.5 Å². The lowest BCUT2D eigenvalue weighted by Crippen LogP contribution is -2.38. The first kappa shape index (κ1) is 15.1. The molecule has 1 aromatic carbocycles. The van der Waals surface area contributed by atoms with Gasteiger partial charge in [0, 0.05) is 6.07 Å². The Morgan fingerprint density at radius 1 is 1.47 bits per heavy atom. The summed E-state index contributed by atoms with van der Waals surface area (Å²) in [5.74, 6) is -1.38. The van der Waals surface area contributed by atoms with Crippen LogP contribution in [0.2, 0.25) is 0 Å². The predicted molar refractivity (Wildman–Crippen MR) is 65.3 cm³/mol. The van der Waals surface area contributed by atoms with Gasteiger partial charge in [-0.05, 0) is 19.4 Å². The molecule has 1 atom stereocenters. The smallest absolute Gasteiger partial charge is 0.321 e. The van der Waals surface area contributed by atoms with Crippen molar-refractivity contribution in [3.05, 3.63) is 33.9 Å². The summed E-state index contributed by atoms with van der Waals surface area (Å²) in [5, 5.41) is 19.5. The van der Waals surface area contributed by atoms with Crippen LogP contribution in [0.3, 0.4) is 0 Å². The van der Waals surface area contributed by atoms with Crippen molar-refractivity contribution in [1.29, 1.82) is 0 Å². The largest absolute Gasteiger partial charge is 0.480 e. The van der Waals surface area contributed by atoms with Gasteiger partial charge in [-0.15, -0.1) is 0 Å². The first-order valence-corrected chi connectivity index (χ1v) is 6.64. The Morgan fingerprint density at radius 2 is 2.05 bits per heavy atom. The number of carboxylic acids is 1. The maximum Gasteiger partial charge on any atom is 0.321 e. The summed E-state index contributed by atoms with van der Waals surface area (Å²) in [6.07, 6.45) is 0. The molecular weight excluding hydrogens is 276 g/mol. The molecule has 9 heteroatoms. The summed E-state index contributed by atoms with van der Waals surface area (Å²) in [6.45, 7) is 2.52. The second-order valence-electron chi connectivity index (χ2n) is 3.86. The van der Waals surface area contributed by atoms with Gasteiger partial charge in [0.15, 0.2) is 4.90 Å². The van der Waals surface area contributed by atoms with Crippen molar-refractivity contribution in [2.24, 2.45) is 0 Å². The van der Waals surface area contributed by atoms with E-state index in [0.29, 0.717) is 0 Å². The van der Waals surface area contributed by atoms with Crippen molar-refractivity contribution in [3.63, 3.8) is 0 Å². The Morgan fingerprint density at radius 3 is 2.53 bits per heavy atom. The summed E-state index contributed by atoms with van der Waals surface area (Å²) in [6, 6.07) is 2.41. The number of sulfonamides is 1. The molecule has 1 aromatic rings. The van der Waals surface area contributed by atoms with Crippen LogP contribution in [0.5, 0.6) is 0 Å². The second kappa shape index (κ2) is 5.33. The van der Waals surface area contributed by atoms with Gasteiger partial charge in [0.2, 0.25) is 10.0 Å². The fourth-order valence-corrected chi connectivity index (χ4v) is 3.07. The highest BCUT2D eigenvalue weighted by atomic mass is 32.2. The molecule has 0 aromatic heterocycles. The van der Waals surface area contributed by atoms with Crippen molar-refractivity contribution >= 4 is 21.7 Å². The molecular formula is C10H12N2O6S. The predicted octanol–water partition coefficient (Wildman–Crippen LogP) is 0.655. The van der Waals surface area contributed by atoms with Crippen molar-refractivity contribution in [3.8, 4) is 0 Å². The standard InChI is InChI=1S/C10H12N2O6S/c1-6-4-3-5-8(12(15)16)9(6)19(17,18)11-7(2)10(13)14/h3-5,7,11H,1-2H3,(H,13,14)/t7-/m0/s1. The molecule has 0 aliphatic heterocycles. The molecule has 0 saturated heterocycles. The quantitative estimate of drug-likeness (QED) is 0.605. The number of nitrogens with one attached hydrogen (secondary N) is 1. The topological polar surface area (TPSA) is 127 Å². The van der Waals surface area contributed by atoms with E-state index in [1.807, 2.05) is 4.72 Å². The highest BCUT2D eigenvalue weighted by Gasteiger charge is 2.30. The minimum absolute atomic E-state index is 0.166. The Hall–Kier alpha value is -2.00. The average Bonchev–Trinajstić information content (AvgIpc) is 2.27. The van der Waals surface area contributed by atoms with Crippen LogP contribution >= 0.6 is 0 Å². The lowest BCUT2D eigenvalue weighted by Gasteiger charge is -2.12. The second-order valence-corrected chi connectivity index (χ2v) is 5.51. The molecule has 0 fully saturated rings. The maximum atomic E-state index is 12.0. The number of hydrogen-bond acceptors (Lipinski definition) is 5. The zero-order valence-corrected chi connectivity index (χ0v) is 11.0. The number of carbonyl (C=O) groups is 1. The minimum atomic E-state index is -4.28. The van der Waals surface area contributed by atoms with Crippen molar-refractivity contribution in [2.75, 3.05) is 0 Å². The lowest BCUT2D eigenvalue weighted by atomic mass is 10.2. The molecule has 0 spiro atoms. The van der Waals surface area contributed by atoms with Gasteiger partial charge in [0.05, 0.1) is 4.92 Å². The van der Waals surface area contributed by atoms with Gasteiger partial charge in [-0.1, -0.05) is 12.1 Å². The van der Waals surface area contributed by atoms with E-state index >= 15 is 0 Å². The van der Waals surface area contributed by atoms with E-state index in [1.54, 1.807) is 0 Å². The van der Waals surface area contributed by atoms with Gasteiger partial charge in [-0.2, -0.15) is 4.72 Å². The maximum absolute atomic E-state index is 12.0. The van der Waals surface area contributed by atoms with Crippen LogP contribution in [0.15, 0.2) is 23.1 Å². The molecule has 0 unspecified atom stereocenters. The first-order chi connectivity index (χ1) is 8.66. The molecule has 104 valence electrons. The summed E-state index contributed by atoms with van der Waals surface area (Å²) in [7, 11) is -4.28. The highest BCUT2D eigenvalue weighted by molar-refractivity contribution is 7.89. The van der Waals surface area contributed by atoms with Crippen LogP contribution in [-0.2, 0) is 14.8 Å². The molecule has 2 N–H and O–H groups in total. The zero-order chi connectivity index (χ0) is 14.8. The molecule has 0 aliphatic rings. The number of aliphatic carboxylic acids is 1. The summed E-state index contributed by atoms with van der Waals surface area (Å²) in [4.78, 5) is 20.1. The summed E-state index contributed by atoms with van der Waals surface area (Å²) < 4.78 is 25.9. The highest BCUT2D eigenvalue weighted by Crippen LogP contribution is 2.26. The third-order valence-corrected chi connectivity index (χ3v) is 4.09. The van der Waals surface area contributed by atoms with E-state index in [9.17, 15) is 23.3 Å². The number of nitro benzene ring substituents is 1. The average molecular weight is 288 g/mol. The van der Waals surface area contributed by atoms with Crippen LogP contribution in [0.1, 0.15) is 12.5 Å². The van der Waals surface area contributed by atoms with E-state index in [2.05, 4.69) is 0 Å². The van der Waals surface area contributed by atoms with Gasteiger partial charge in [-0.3, -0.25) is 14.9 Å². The normalized spacial score (nSPS) is 12.9. The Kier molecular flexibility index (Phi) is 4.22. The molecule has 1 rings (SSSR count).